The normalized spacial score (nSPS) is 30.8. The number of carbonyl (C=O) groups is 4. The van der Waals surface area contributed by atoms with Crippen LogP contribution in [0.25, 0.3) is 0 Å². The fourth-order valence-corrected chi connectivity index (χ4v) is 8.10. The molecule has 3 aromatic carbocycles. The predicted octanol–water partition coefficient (Wildman–Crippen LogP) is 4.76. The molecule has 4 aliphatic carbocycles. The maximum atomic E-state index is 14.0. The van der Waals surface area contributed by atoms with Crippen LogP contribution in [-0.4, -0.2) is 23.6 Å². The summed E-state index contributed by atoms with van der Waals surface area (Å²) in [6.45, 7) is 0. The van der Waals surface area contributed by atoms with Crippen molar-refractivity contribution in [3.05, 3.63) is 95.1 Å². The third-order valence-electron chi connectivity index (χ3n) is 9.66. The molecule has 1 saturated carbocycles. The first-order valence-electron chi connectivity index (χ1n) is 13.6. The molecule has 0 aromatic heterocycles. The Morgan fingerprint density at radius 2 is 0.816 bits per heavy atom. The van der Waals surface area contributed by atoms with E-state index in [-0.39, 0.29) is 47.3 Å². The molecule has 3 aromatic rings. The Hall–Kier alpha value is -4.06. The molecular weight excluding hydrogens is 476 g/mol. The van der Waals surface area contributed by atoms with Crippen LogP contribution in [-0.2, 0) is 19.2 Å². The predicted molar refractivity (Wildman–Crippen MR) is 140 cm³/mol. The van der Waals surface area contributed by atoms with Gasteiger partial charge >= 0.3 is 0 Å². The minimum atomic E-state index is -0.443. The van der Waals surface area contributed by atoms with Crippen LogP contribution in [0, 0.1) is 23.7 Å². The smallest absolute Gasteiger partial charge is 0.238 e. The highest BCUT2D eigenvalue weighted by atomic mass is 16.2. The Bertz CT molecular complexity index is 1420. The molecule has 4 atom stereocenters. The van der Waals surface area contributed by atoms with Crippen molar-refractivity contribution in [2.24, 2.45) is 23.7 Å². The Morgan fingerprint density at radius 1 is 0.474 bits per heavy atom. The summed E-state index contributed by atoms with van der Waals surface area (Å²) in [6.07, 6.45) is 3.47. The van der Waals surface area contributed by atoms with E-state index in [4.69, 9.17) is 0 Å². The van der Waals surface area contributed by atoms with Crippen molar-refractivity contribution in [1.29, 1.82) is 0 Å². The molecule has 2 heterocycles. The number of amides is 4. The van der Waals surface area contributed by atoms with Crippen molar-refractivity contribution in [1.82, 2.24) is 0 Å². The number of hydrogen-bond acceptors (Lipinski definition) is 4. The molecule has 38 heavy (non-hydrogen) atoms. The van der Waals surface area contributed by atoms with Crippen molar-refractivity contribution < 1.29 is 19.2 Å². The third-order valence-corrected chi connectivity index (χ3v) is 9.66. The van der Waals surface area contributed by atoms with Crippen LogP contribution in [0.15, 0.2) is 72.8 Å². The number of nitrogens with zero attached hydrogens (tertiary/aromatic N) is 2. The van der Waals surface area contributed by atoms with Crippen molar-refractivity contribution in [3.8, 4) is 0 Å². The monoisotopic (exact) mass is 502 g/mol. The first-order valence-corrected chi connectivity index (χ1v) is 13.6. The van der Waals surface area contributed by atoms with Crippen molar-refractivity contribution >= 4 is 35.0 Å². The maximum Gasteiger partial charge on any atom is 0.238 e. The number of fused-ring (bicyclic) bond motifs is 1. The highest BCUT2D eigenvalue weighted by Gasteiger charge is 2.61. The second-order valence-electron chi connectivity index (χ2n) is 11.3. The SMILES string of the molecule is O=C1[C@@H]2C3c4ccccc4C(c4ccccc43)[C@@H]2C(=O)N1c1ccc(N2C(=O)[C@@H]3CCCC[C@H]3C2=O)cc1. The minimum Gasteiger partial charge on any atom is -0.274 e. The number of hydrogen-bond donors (Lipinski definition) is 0. The van der Waals surface area contributed by atoms with Crippen LogP contribution < -0.4 is 9.80 Å². The fraction of sp³-hybridized carbons (Fsp3) is 0.312. The Labute approximate surface area is 220 Å². The maximum absolute atomic E-state index is 14.0. The summed E-state index contributed by atoms with van der Waals surface area (Å²) in [5.41, 5.74) is 5.56. The van der Waals surface area contributed by atoms with Crippen molar-refractivity contribution in [2.45, 2.75) is 37.5 Å². The highest BCUT2D eigenvalue weighted by molar-refractivity contribution is 6.24. The molecule has 6 nitrogen and oxygen atoms in total. The van der Waals surface area contributed by atoms with Gasteiger partial charge in [0.15, 0.2) is 0 Å². The summed E-state index contributed by atoms with van der Waals surface area (Å²) in [5.74, 6) is -2.24. The molecule has 0 radical (unpaired) electrons. The average molecular weight is 503 g/mol. The van der Waals surface area contributed by atoms with E-state index in [9.17, 15) is 19.2 Å². The van der Waals surface area contributed by atoms with Gasteiger partial charge in [0.2, 0.25) is 23.6 Å². The van der Waals surface area contributed by atoms with E-state index in [1.165, 1.54) is 9.80 Å². The first-order chi connectivity index (χ1) is 18.6. The van der Waals surface area contributed by atoms with Crippen molar-refractivity contribution in [3.63, 3.8) is 0 Å². The molecule has 188 valence electrons. The van der Waals surface area contributed by atoms with Crippen LogP contribution in [0.1, 0.15) is 59.8 Å². The molecule has 2 saturated heterocycles. The number of imide groups is 2. The molecular formula is C32H26N2O4. The van der Waals surface area contributed by atoms with Crippen LogP contribution in [0.2, 0.25) is 0 Å². The van der Waals surface area contributed by atoms with Gasteiger partial charge in [-0.1, -0.05) is 61.4 Å². The summed E-state index contributed by atoms with van der Waals surface area (Å²) in [5, 5.41) is 0. The summed E-state index contributed by atoms with van der Waals surface area (Å²) >= 11 is 0. The zero-order valence-corrected chi connectivity index (χ0v) is 20.7. The zero-order chi connectivity index (χ0) is 25.7. The number of anilines is 2. The van der Waals surface area contributed by atoms with Gasteiger partial charge in [-0.2, -0.15) is 0 Å². The second-order valence-corrected chi connectivity index (χ2v) is 11.3. The third kappa shape index (κ3) is 2.67. The van der Waals surface area contributed by atoms with Crippen LogP contribution >= 0.6 is 0 Å². The molecule has 6 aliphatic rings. The van der Waals surface area contributed by atoms with E-state index in [1.54, 1.807) is 24.3 Å². The van der Waals surface area contributed by atoms with Gasteiger partial charge < -0.3 is 0 Å². The number of rotatable bonds is 2. The molecule has 3 fully saturated rings. The molecule has 2 aliphatic heterocycles. The quantitative estimate of drug-likeness (QED) is 0.474. The van der Waals surface area contributed by atoms with Gasteiger partial charge in [-0.25, -0.2) is 4.90 Å². The van der Waals surface area contributed by atoms with Crippen LogP contribution in [0.4, 0.5) is 11.4 Å². The summed E-state index contributed by atoms with van der Waals surface area (Å²) in [4.78, 5) is 56.7. The van der Waals surface area contributed by atoms with Gasteiger partial charge in [-0.3, -0.25) is 24.1 Å². The summed E-state index contributed by atoms with van der Waals surface area (Å²) in [6, 6.07) is 23.2. The second kappa shape index (κ2) is 7.73. The Kier molecular flexibility index (Phi) is 4.47. The van der Waals surface area contributed by atoms with Gasteiger partial charge in [0.1, 0.15) is 0 Å². The molecule has 0 N–H and O–H groups in total. The lowest BCUT2D eigenvalue weighted by Gasteiger charge is -2.45. The van der Waals surface area contributed by atoms with Crippen molar-refractivity contribution in [2.75, 3.05) is 9.80 Å². The molecule has 0 unspecified atom stereocenters. The Morgan fingerprint density at radius 3 is 1.18 bits per heavy atom. The van der Waals surface area contributed by atoms with Gasteiger partial charge in [0, 0.05) is 11.8 Å². The molecule has 2 bridgehead atoms. The van der Waals surface area contributed by atoms with E-state index >= 15 is 0 Å². The lowest BCUT2D eigenvalue weighted by atomic mass is 9.55. The lowest BCUT2D eigenvalue weighted by Crippen LogP contribution is -2.41. The number of carbonyl (C=O) groups excluding carboxylic acids is 4. The molecule has 4 amide bonds. The number of benzene rings is 3. The van der Waals surface area contributed by atoms with E-state index in [0.29, 0.717) is 11.4 Å². The fourth-order valence-electron chi connectivity index (χ4n) is 8.10. The standard InChI is InChI=1S/C32H26N2O4/c35-29-23-11-5-6-12-24(23)30(36)33(29)17-13-15-18(16-14-17)34-31(37)27-25-19-7-1-2-8-20(19)26(28(27)32(34)38)22-10-4-3-9-21(22)25/h1-4,7-10,13-16,23-28H,5-6,11-12H2/t23-,24-,25?,26?,27-,28+/m1/s1. The minimum absolute atomic E-state index is 0.126. The largest absolute Gasteiger partial charge is 0.274 e. The molecule has 6 heteroatoms. The van der Waals surface area contributed by atoms with Crippen LogP contribution in [0.5, 0.6) is 0 Å². The van der Waals surface area contributed by atoms with E-state index in [0.717, 1.165) is 47.9 Å². The summed E-state index contributed by atoms with van der Waals surface area (Å²) in [7, 11) is 0. The molecule has 9 rings (SSSR count). The van der Waals surface area contributed by atoms with E-state index < -0.39 is 11.8 Å². The van der Waals surface area contributed by atoms with E-state index in [1.807, 2.05) is 24.3 Å². The lowest BCUT2D eigenvalue weighted by molar-refractivity contribution is -0.124. The van der Waals surface area contributed by atoms with Gasteiger partial charge in [-0.15, -0.1) is 0 Å². The van der Waals surface area contributed by atoms with Crippen LogP contribution in [0.3, 0.4) is 0 Å². The zero-order valence-electron chi connectivity index (χ0n) is 20.7. The van der Waals surface area contributed by atoms with Gasteiger partial charge in [0.25, 0.3) is 0 Å². The average Bonchev–Trinajstić information content (AvgIpc) is 3.38. The van der Waals surface area contributed by atoms with E-state index in [2.05, 4.69) is 24.3 Å². The summed E-state index contributed by atoms with van der Waals surface area (Å²) < 4.78 is 0. The molecule has 0 spiro atoms. The highest BCUT2D eigenvalue weighted by Crippen LogP contribution is 2.61. The first kappa shape index (κ1) is 22.0. The topological polar surface area (TPSA) is 74.8 Å². The van der Waals surface area contributed by atoms with Gasteiger partial charge in [0.05, 0.1) is 35.0 Å². The van der Waals surface area contributed by atoms with Gasteiger partial charge in [-0.05, 0) is 59.4 Å². The Balaban J connectivity index is 1.16.